The molecule has 4 N–H and O–H groups in total. The van der Waals surface area contributed by atoms with Gasteiger partial charge >= 0.3 is 11.9 Å². The van der Waals surface area contributed by atoms with E-state index in [0.29, 0.717) is 33.6 Å². The van der Waals surface area contributed by atoms with Crippen molar-refractivity contribution in [3.8, 4) is 11.3 Å². The molecule has 5 rings (SSSR count). The molecule has 2 aromatic heterocycles. The number of hydrogen-bond donors (Lipinski definition) is 4. The van der Waals surface area contributed by atoms with E-state index in [0.717, 1.165) is 17.3 Å². The van der Waals surface area contributed by atoms with Gasteiger partial charge in [0.15, 0.2) is 5.11 Å². The highest BCUT2D eigenvalue weighted by Gasteiger charge is 2.42. The largest absolute Gasteiger partial charge is 0.478 e. The number of nitrogens with zero attached hydrogens (tertiary/aromatic N) is 2. The van der Waals surface area contributed by atoms with Crippen molar-refractivity contribution in [3.63, 3.8) is 0 Å². The first-order valence-electron chi connectivity index (χ1n) is 12.8. The molecule has 3 heterocycles. The number of pyridine rings is 1. The SMILES string of the molecule is COCC(=O)Nc1ccc(N2C(=S)N[C@@H](c3ccccn3)[C@@H]2c2ccc(-c3cc(C(=O)O)cc(C(=O)O)c3)o2)cc1C. The number of carbonyl (C=O) groups excluding carboxylic acids is 1. The van der Waals surface area contributed by atoms with Crippen LogP contribution in [0.1, 0.15) is 49.8 Å². The Hall–Kier alpha value is -5.07. The first-order valence-corrected chi connectivity index (χ1v) is 13.2. The number of carboxylic acids is 2. The molecule has 1 amide bonds. The lowest BCUT2D eigenvalue weighted by atomic mass is 10.0. The first-order chi connectivity index (χ1) is 20.2. The Balaban J connectivity index is 1.57. The van der Waals surface area contributed by atoms with Gasteiger partial charge < -0.3 is 34.9 Å². The predicted molar refractivity (Wildman–Crippen MR) is 158 cm³/mol. The topological polar surface area (TPSA) is 154 Å². The molecule has 12 heteroatoms. The van der Waals surface area contributed by atoms with Crippen LogP contribution >= 0.6 is 12.2 Å². The number of anilines is 2. The van der Waals surface area contributed by atoms with E-state index in [1.165, 1.54) is 19.2 Å². The van der Waals surface area contributed by atoms with E-state index in [1.54, 1.807) is 24.4 Å². The third-order valence-corrected chi connectivity index (χ3v) is 7.08. The van der Waals surface area contributed by atoms with Crippen molar-refractivity contribution in [2.24, 2.45) is 0 Å². The van der Waals surface area contributed by atoms with E-state index in [9.17, 15) is 24.6 Å². The zero-order valence-electron chi connectivity index (χ0n) is 22.5. The molecule has 2 atom stereocenters. The van der Waals surface area contributed by atoms with Gasteiger partial charge in [0.25, 0.3) is 0 Å². The van der Waals surface area contributed by atoms with Gasteiger partial charge in [0.1, 0.15) is 24.2 Å². The number of carbonyl (C=O) groups is 3. The van der Waals surface area contributed by atoms with E-state index < -0.39 is 24.0 Å². The quantitative estimate of drug-likeness (QED) is 0.200. The molecule has 42 heavy (non-hydrogen) atoms. The maximum absolute atomic E-state index is 12.1. The third kappa shape index (κ3) is 5.71. The minimum atomic E-state index is -1.25. The standard InChI is InChI=1S/C30H26N4O7S/c1-16-11-20(6-7-21(16)32-25(35)15-40-2)34-27(26(33-30(34)42)22-5-3-4-10-31-22)24-9-8-23(41-24)17-12-18(28(36)37)14-19(13-17)29(38)39/h3-14,26-27H,15H2,1-2H3,(H,32,35)(H,33,42)(H,36,37)(H,38,39)/t26-,27-/m0/s1. The molecule has 0 aliphatic carbocycles. The number of furan rings is 1. The summed E-state index contributed by atoms with van der Waals surface area (Å²) in [6.45, 7) is 1.80. The molecule has 11 nitrogen and oxygen atoms in total. The molecule has 1 aliphatic rings. The van der Waals surface area contributed by atoms with E-state index in [4.69, 9.17) is 21.4 Å². The molecule has 1 fully saturated rings. The number of benzene rings is 2. The number of aromatic carboxylic acids is 2. The first kappa shape index (κ1) is 28.5. The molecule has 0 saturated carbocycles. The fourth-order valence-corrected chi connectivity index (χ4v) is 5.21. The summed E-state index contributed by atoms with van der Waals surface area (Å²) >= 11 is 5.78. The van der Waals surface area contributed by atoms with Crippen LogP contribution in [0.5, 0.6) is 0 Å². The number of hydrogen-bond acceptors (Lipinski definition) is 7. The zero-order chi connectivity index (χ0) is 30.0. The molecule has 0 bridgehead atoms. The van der Waals surface area contributed by atoms with E-state index in [2.05, 4.69) is 15.6 Å². The van der Waals surface area contributed by atoms with Crippen LogP contribution < -0.4 is 15.5 Å². The van der Waals surface area contributed by atoms with Gasteiger partial charge in [-0.1, -0.05) is 6.07 Å². The van der Waals surface area contributed by atoms with Gasteiger partial charge in [-0.05, 0) is 85.4 Å². The number of methoxy groups -OCH3 is 1. The summed E-state index contributed by atoms with van der Waals surface area (Å²) in [5.41, 5.74) is 2.83. The van der Waals surface area contributed by atoms with Crippen LogP contribution in [0.2, 0.25) is 0 Å². The van der Waals surface area contributed by atoms with Crippen LogP contribution in [0, 0.1) is 6.92 Å². The normalized spacial score (nSPS) is 16.2. The lowest BCUT2D eigenvalue weighted by molar-refractivity contribution is -0.119. The second-order valence-corrected chi connectivity index (χ2v) is 9.98. The Morgan fingerprint density at radius 2 is 1.79 bits per heavy atom. The van der Waals surface area contributed by atoms with Crippen molar-refractivity contribution in [1.29, 1.82) is 0 Å². The van der Waals surface area contributed by atoms with Crippen LogP contribution in [0.25, 0.3) is 11.3 Å². The predicted octanol–water partition coefficient (Wildman–Crippen LogP) is 4.81. The molecule has 0 radical (unpaired) electrons. The Morgan fingerprint density at radius 3 is 2.40 bits per heavy atom. The monoisotopic (exact) mass is 586 g/mol. The van der Waals surface area contributed by atoms with Crippen molar-refractivity contribution in [1.82, 2.24) is 10.3 Å². The molecule has 1 aliphatic heterocycles. The minimum Gasteiger partial charge on any atom is -0.478 e. The zero-order valence-corrected chi connectivity index (χ0v) is 23.3. The highest BCUT2D eigenvalue weighted by molar-refractivity contribution is 7.80. The summed E-state index contributed by atoms with van der Waals surface area (Å²) in [4.78, 5) is 41.8. The van der Waals surface area contributed by atoms with Crippen molar-refractivity contribution >= 4 is 46.6 Å². The van der Waals surface area contributed by atoms with Gasteiger partial charge in [-0.15, -0.1) is 0 Å². The van der Waals surface area contributed by atoms with Gasteiger partial charge in [0, 0.05) is 30.2 Å². The summed E-state index contributed by atoms with van der Waals surface area (Å²) in [5.74, 6) is -2.01. The van der Waals surface area contributed by atoms with Gasteiger partial charge in [-0.3, -0.25) is 9.78 Å². The lowest BCUT2D eigenvalue weighted by Crippen LogP contribution is -2.29. The summed E-state index contributed by atoms with van der Waals surface area (Å²) in [6, 6.07) is 17.4. The Morgan fingerprint density at radius 1 is 1.05 bits per heavy atom. The van der Waals surface area contributed by atoms with Crippen molar-refractivity contribution in [2.75, 3.05) is 23.9 Å². The number of ether oxygens (including phenoxy) is 1. The molecule has 214 valence electrons. The number of amides is 1. The number of rotatable bonds is 9. The number of aryl methyl sites for hydroxylation is 1. The van der Waals surface area contributed by atoms with E-state index in [1.807, 2.05) is 42.2 Å². The minimum absolute atomic E-state index is 0.0701. The second-order valence-electron chi connectivity index (χ2n) is 9.59. The van der Waals surface area contributed by atoms with Crippen LogP contribution in [0.4, 0.5) is 11.4 Å². The van der Waals surface area contributed by atoms with Gasteiger partial charge in [0.2, 0.25) is 5.91 Å². The molecular weight excluding hydrogens is 560 g/mol. The van der Waals surface area contributed by atoms with E-state index in [-0.39, 0.29) is 23.6 Å². The fraction of sp³-hybridized carbons (Fsp3) is 0.167. The summed E-state index contributed by atoms with van der Waals surface area (Å²) in [6.07, 6.45) is 1.68. The van der Waals surface area contributed by atoms with Gasteiger partial charge in [-0.2, -0.15) is 0 Å². The van der Waals surface area contributed by atoms with Crippen LogP contribution in [-0.4, -0.2) is 51.9 Å². The van der Waals surface area contributed by atoms with Crippen LogP contribution in [0.15, 0.2) is 77.3 Å². The average Bonchev–Trinajstić information content (AvgIpc) is 3.59. The highest BCUT2D eigenvalue weighted by atomic mass is 32.1. The molecule has 4 aromatic rings. The van der Waals surface area contributed by atoms with Gasteiger partial charge in [-0.25, -0.2) is 9.59 Å². The fourth-order valence-electron chi connectivity index (χ4n) is 4.86. The van der Waals surface area contributed by atoms with E-state index >= 15 is 0 Å². The molecule has 0 unspecified atom stereocenters. The lowest BCUT2D eigenvalue weighted by Gasteiger charge is -2.27. The number of aromatic nitrogens is 1. The highest BCUT2D eigenvalue weighted by Crippen LogP contribution is 2.43. The second kappa shape index (κ2) is 11.8. The average molecular weight is 587 g/mol. The number of nitrogens with one attached hydrogen (secondary N) is 2. The van der Waals surface area contributed by atoms with Gasteiger partial charge in [0.05, 0.1) is 22.9 Å². The van der Waals surface area contributed by atoms with Crippen molar-refractivity contribution < 1.29 is 33.8 Å². The maximum atomic E-state index is 12.1. The number of carboxylic acid groups (broad SMARTS) is 2. The van der Waals surface area contributed by atoms with Crippen molar-refractivity contribution in [2.45, 2.75) is 19.0 Å². The van der Waals surface area contributed by atoms with Crippen molar-refractivity contribution in [3.05, 3.63) is 101 Å². The van der Waals surface area contributed by atoms with Crippen LogP contribution in [0.3, 0.4) is 0 Å². The Kier molecular flexibility index (Phi) is 8.00. The Labute approximate surface area is 245 Å². The Bertz CT molecular complexity index is 1660. The molecule has 1 saturated heterocycles. The molecular formula is C30H26N4O7S. The molecule has 2 aromatic carbocycles. The summed E-state index contributed by atoms with van der Waals surface area (Å²) in [5, 5.41) is 25.6. The summed E-state index contributed by atoms with van der Waals surface area (Å²) < 4.78 is 11.2. The smallest absolute Gasteiger partial charge is 0.335 e. The summed E-state index contributed by atoms with van der Waals surface area (Å²) in [7, 11) is 1.45. The molecule has 0 spiro atoms. The van der Waals surface area contributed by atoms with Crippen LogP contribution in [-0.2, 0) is 9.53 Å². The number of thiocarbonyl (C=S) groups is 1. The third-order valence-electron chi connectivity index (χ3n) is 6.77. The maximum Gasteiger partial charge on any atom is 0.335 e.